The Balaban J connectivity index is 1.48. The maximum absolute atomic E-state index is 13.0. The van der Waals surface area contributed by atoms with Crippen LogP contribution in [-0.4, -0.2) is 55.6 Å². The minimum atomic E-state index is -3.39. The van der Waals surface area contributed by atoms with E-state index in [4.69, 9.17) is 9.47 Å². The van der Waals surface area contributed by atoms with Crippen LogP contribution in [0.4, 0.5) is 0 Å². The second-order valence-corrected chi connectivity index (χ2v) is 12.9. The molecule has 0 radical (unpaired) electrons. The molecule has 0 spiro atoms. The Bertz CT molecular complexity index is 1420. The lowest BCUT2D eigenvalue weighted by Crippen LogP contribution is -2.38. The molecule has 39 heavy (non-hydrogen) atoms. The lowest BCUT2D eigenvalue weighted by molar-refractivity contribution is -0.149. The van der Waals surface area contributed by atoms with E-state index < -0.39 is 22.0 Å². The molecule has 1 aliphatic rings. The predicted molar refractivity (Wildman–Crippen MR) is 151 cm³/mol. The first-order valence-corrected chi connectivity index (χ1v) is 15.3. The van der Waals surface area contributed by atoms with Crippen molar-refractivity contribution in [2.45, 2.75) is 51.4 Å². The summed E-state index contributed by atoms with van der Waals surface area (Å²) in [5.74, 6) is -1.33. The Labute approximate surface area is 233 Å². The van der Waals surface area contributed by atoms with E-state index in [2.05, 4.69) is 0 Å². The Morgan fingerprint density at radius 1 is 1.08 bits per heavy atom. The molecule has 1 fully saturated rings. The molecule has 0 unspecified atom stereocenters. The van der Waals surface area contributed by atoms with E-state index in [9.17, 15) is 23.1 Å². The van der Waals surface area contributed by atoms with E-state index in [1.165, 1.54) is 0 Å². The first-order valence-electron chi connectivity index (χ1n) is 12.9. The number of esters is 1. The van der Waals surface area contributed by atoms with Gasteiger partial charge in [-0.3, -0.25) is 0 Å². The summed E-state index contributed by atoms with van der Waals surface area (Å²) in [5.41, 5.74) is 3.37. The molecular weight excluding hydrogens is 538 g/mol. The van der Waals surface area contributed by atoms with Crippen molar-refractivity contribution >= 4 is 33.3 Å². The van der Waals surface area contributed by atoms with Crippen LogP contribution in [0, 0.1) is 6.92 Å². The van der Waals surface area contributed by atoms with E-state index in [0.29, 0.717) is 31.5 Å². The number of hydrogen-bond donors (Lipinski definition) is 1. The van der Waals surface area contributed by atoms with Gasteiger partial charge in [0.1, 0.15) is 5.75 Å². The molecular formula is C29H33NO7S2. The van der Waals surface area contributed by atoms with Crippen molar-refractivity contribution < 1.29 is 32.6 Å². The van der Waals surface area contributed by atoms with Crippen LogP contribution in [0.2, 0.25) is 0 Å². The molecule has 1 aliphatic heterocycles. The third-order valence-electron chi connectivity index (χ3n) is 6.65. The normalized spacial score (nSPS) is 14.9. The van der Waals surface area contributed by atoms with Gasteiger partial charge in [0.05, 0.1) is 11.9 Å². The first-order chi connectivity index (χ1) is 18.5. The summed E-state index contributed by atoms with van der Waals surface area (Å²) in [5, 5.41) is 9.76. The monoisotopic (exact) mass is 571 g/mol. The zero-order valence-corrected chi connectivity index (χ0v) is 23.9. The molecule has 8 nitrogen and oxygen atoms in total. The van der Waals surface area contributed by atoms with Gasteiger partial charge in [0.25, 0.3) is 0 Å². The van der Waals surface area contributed by atoms with E-state index in [0.717, 1.165) is 32.9 Å². The molecule has 4 rings (SSSR count). The van der Waals surface area contributed by atoms with Crippen molar-refractivity contribution in [2.24, 2.45) is 0 Å². The van der Waals surface area contributed by atoms with Crippen LogP contribution < -0.4 is 4.74 Å². The Morgan fingerprint density at radius 2 is 1.77 bits per heavy atom. The van der Waals surface area contributed by atoms with Crippen LogP contribution in [0.1, 0.15) is 59.0 Å². The van der Waals surface area contributed by atoms with E-state index >= 15 is 0 Å². The highest BCUT2D eigenvalue weighted by molar-refractivity contribution is 7.88. The number of ether oxygens (including phenoxy) is 2. The molecule has 0 atom stereocenters. The highest BCUT2D eigenvalue weighted by Crippen LogP contribution is 2.42. The van der Waals surface area contributed by atoms with Gasteiger partial charge >= 0.3 is 11.9 Å². The number of carbonyl (C=O) groups is 2. The van der Waals surface area contributed by atoms with Gasteiger partial charge < -0.3 is 14.6 Å². The second-order valence-electron chi connectivity index (χ2n) is 9.89. The number of carboxylic acid groups (broad SMARTS) is 1. The Morgan fingerprint density at radius 3 is 2.41 bits per heavy atom. The van der Waals surface area contributed by atoms with Gasteiger partial charge in [0.15, 0.2) is 11.5 Å². The summed E-state index contributed by atoms with van der Waals surface area (Å²) in [6.45, 7) is 5.78. The summed E-state index contributed by atoms with van der Waals surface area (Å²) in [4.78, 5) is 24.7. The predicted octanol–water partition coefficient (Wildman–Crippen LogP) is 5.46. The van der Waals surface area contributed by atoms with Crippen LogP contribution in [-0.2, 0) is 25.3 Å². The molecule has 3 aromatic rings. The number of hydrogen-bond acceptors (Lipinski definition) is 7. The molecule has 2 aromatic carbocycles. The van der Waals surface area contributed by atoms with Gasteiger partial charge in [-0.05, 0) is 56.2 Å². The van der Waals surface area contributed by atoms with Crippen molar-refractivity contribution in [3.63, 3.8) is 0 Å². The number of sulfonamides is 1. The molecule has 1 N–H and O–H groups in total. The summed E-state index contributed by atoms with van der Waals surface area (Å²) in [6.07, 6.45) is 1.11. The van der Waals surface area contributed by atoms with Crippen molar-refractivity contribution in [1.29, 1.82) is 0 Å². The standard InChI is InChI=1S/C29H33NO7S2/c1-19(2)37-25(31)17-36-26-20(3)27(38-28(26)29(32)33)24-11-7-10-23(16-24)22-12-14-30(15-13-22)39(34,35)18-21-8-5-4-6-9-21/h4-11,16,19,22H,12-15,17-18H2,1-3H3,(H,32,33). The number of benzene rings is 2. The van der Waals surface area contributed by atoms with Crippen LogP contribution in [0.15, 0.2) is 54.6 Å². The summed E-state index contributed by atoms with van der Waals surface area (Å²) >= 11 is 1.11. The fraction of sp³-hybridized carbons (Fsp3) is 0.379. The summed E-state index contributed by atoms with van der Waals surface area (Å²) in [6, 6.07) is 17.1. The molecule has 0 saturated carbocycles. The molecule has 1 aromatic heterocycles. The van der Waals surface area contributed by atoms with Crippen LogP contribution >= 0.6 is 11.3 Å². The smallest absolute Gasteiger partial charge is 0.349 e. The molecule has 0 bridgehead atoms. The molecule has 10 heteroatoms. The molecule has 2 heterocycles. The fourth-order valence-corrected chi connectivity index (χ4v) is 7.44. The quantitative estimate of drug-likeness (QED) is 0.322. The largest absolute Gasteiger partial charge is 0.480 e. The van der Waals surface area contributed by atoms with Gasteiger partial charge in [-0.1, -0.05) is 54.6 Å². The zero-order valence-electron chi connectivity index (χ0n) is 22.3. The van der Waals surface area contributed by atoms with Gasteiger partial charge in [0.2, 0.25) is 10.0 Å². The van der Waals surface area contributed by atoms with Crippen LogP contribution in [0.3, 0.4) is 0 Å². The number of nitrogens with zero attached hydrogens (tertiary/aromatic N) is 1. The van der Waals surface area contributed by atoms with E-state index in [1.54, 1.807) is 25.1 Å². The number of piperidine rings is 1. The van der Waals surface area contributed by atoms with Gasteiger partial charge in [0, 0.05) is 23.5 Å². The number of carboxylic acids is 1. The third kappa shape index (κ3) is 7.06. The third-order valence-corrected chi connectivity index (χ3v) is 9.81. The number of thiophene rings is 1. The lowest BCUT2D eigenvalue weighted by atomic mass is 9.89. The Hall–Kier alpha value is -3.21. The van der Waals surface area contributed by atoms with E-state index in [1.807, 2.05) is 54.6 Å². The van der Waals surface area contributed by atoms with Crippen LogP contribution in [0.5, 0.6) is 5.75 Å². The number of rotatable bonds is 10. The highest BCUT2D eigenvalue weighted by Gasteiger charge is 2.29. The minimum absolute atomic E-state index is 0.00282. The molecule has 0 aliphatic carbocycles. The average molecular weight is 572 g/mol. The molecule has 1 saturated heterocycles. The SMILES string of the molecule is Cc1c(-c2cccc(C3CCN(S(=O)(=O)Cc4ccccc4)CC3)c2)sc(C(=O)O)c1OCC(=O)OC(C)C. The van der Waals surface area contributed by atoms with Crippen molar-refractivity contribution in [3.8, 4) is 16.2 Å². The molecule has 0 amide bonds. The van der Waals surface area contributed by atoms with Crippen molar-refractivity contribution in [1.82, 2.24) is 4.31 Å². The number of aromatic carboxylic acids is 1. The maximum Gasteiger partial charge on any atom is 0.349 e. The van der Waals surface area contributed by atoms with Crippen molar-refractivity contribution in [2.75, 3.05) is 19.7 Å². The maximum atomic E-state index is 13.0. The zero-order chi connectivity index (χ0) is 28.2. The van der Waals surface area contributed by atoms with Crippen LogP contribution in [0.25, 0.3) is 10.4 Å². The molecule has 208 valence electrons. The second kappa shape index (κ2) is 12.3. The van der Waals surface area contributed by atoms with Gasteiger partial charge in [-0.15, -0.1) is 11.3 Å². The van der Waals surface area contributed by atoms with E-state index in [-0.39, 0.29) is 35.0 Å². The topological polar surface area (TPSA) is 110 Å². The Kier molecular flexibility index (Phi) is 9.09. The number of carbonyl (C=O) groups excluding carboxylic acids is 1. The van der Waals surface area contributed by atoms with Crippen molar-refractivity contribution in [3.05, 3.63) is 76.2 Å². The fourth-order valence-electron chi connectivity index (χ4n) is 4.79. The summed E-state index contributed by atoms with van der Waals surface area (Å²) in [7, 11) is -3.39. The lowest BCUT2D eigenvalue weighted by Gasteiger charge is -2.31. The van der Waals surface area contributed by atoms with Gasteiger partial charge in [-0.2, -0.15) is 0 Å². The first kappa shape index (κ1) is 28.8. The minimum Gasteiger partial charge on any atom is -0.480 e. The van der Waals surface area contributed by atoms with Gasteiger partial charge in [-0.25, -0.2) is 22.3 Å². The summed E-state index contributed by atoms with van der Waals surface area (Å²) < 4.78 is 38.2. The highest BCUT2D eigenvalue weighted by atomic mass is 32.2. The average Bonchev–Trinajstić information content (AvgIpc) is 3.24.